The molecule has 0 rings (SSSR count). The van der Waals surface area contributed by atoms with Crippen molar-refractivity contribution in [3.05, 3.63) is 0 Å². The fourth-order valence-electron chi connectivity index (χ4n) is 1.77. The van der Waals surface area contributed by atoms with Crippen molar-refractivity contribution in [1.29, 1.82) is 0 Å². The molecule has 5 nitrogen and oxygen atoms in total. The highest BCUT2D eigenvalue weighted by molar-refractivity contribution is 5.78. The lowest BCUT2D eigenvalue weighted by atomic mass is 10.2. The Hall–Kier alpha value is -1.10. The van der Waals surface area contributed by atoms with E-state index in [1.165, 1.54) is 0 Å². The zero-order valence-electron chi connectivity index (χ0n) is 11.9. The van der Waals surface area contributed by atoms with Gasteiger partial charge in [0.15, 0.2) is 0 Å². The van der Waals surface area contributed by atoms with Crippen LogP contribution in [-0.2, 0) is 9.59 Å². The van der Waals surface area contributed by atoms with Crippen LogP contribution in [0.2, 0.25) is 0 Å². The first-order chi connectivity index (χ1) is 8.36. The molecule has 1 atom stereocenters. The summed E-state index contributed by atoms with van der Waals surface area (Å²) in [4.78, 5) is 24.2. The Bertz CT molecular complexity index is 267. The topological polar surface area (TPSA) is 69.6 Å². The van der Waals surface area contributed by atoms with E-state index in [0.29, 0.717) is 6.54 Å². The predicted octanol–water partition coefficient (Wildman–Crippen LogP) is 1.48. The fourth-order valence-corrected chi connectivity index (χ4v) is 1.77. The molecule has 0 spiro atoms. The first kappa shape index (κ1) is 16.9. The minimum absolute atomic E-state index is 0.0324. The largest absolute Gasteiger partial charge is 0.481 e. The summed E-state index contributed by atoms with van der Waals surface area (Å²) < 4.78 is 0. The SMILES string of the molecule is CCCC(C)NC(=O)CN(CCC(=O)O)C(C)C. The van der Waals surface area contributed by atoms with E-state index >= 15 is 0 Å². The molecule has 0 heterocycles. The second-order valence-electron chi connectivity index (χ2n) is 4.97. The standard InChI is InChI=1S/C13H26N2O3/c1-5-6-11(4)14-12(16)9-15(10(2)3)8-7-13(17)18/h10-11H,5-9H2,1-4H3,(H,14,16)(H,17,18). The van der Waals surface area contributed by atoms with Crippen LogP contribution in [0, 0.1) is 0 Å². The molecule has 0 aliphatic heterocycles. The van der Waals surface area contributed by atoms with Gasteiger partial charge in [0.25, 0.3) is 0 Å². The molecule has 1 amide bonds. The molecule has 2 N–H and O–H groups in total. The molecule has 106 valence electrons. The van der Waals surface area contributed by atoms with Crippen molar-refractivity contribution in [2.24, 2.45) is 0 Å². The van der Waals surface area contributed by atoms with E-state index in [1.807, 2.05) is 25.7 Å². The van der Waals surface area contributed by atoms with E-state index in [0.717, 1.165) is 12.8 Å². The third-order valence-electron chi connectivity index (χ3n) is 2.82. The number of aliphatic carboxylic acids is 1. The van der Waals surface area contributed by atoms with Crippen LogP contribution in [-0.4, -0.2) is 47.1 Å². The Morgan fingerprint density at radius 2 is 1.89 bits per heavy atom. The van der Waals surface area contributed by atoms with Crippen LogP contribution >= 0.6 is 0 Å². The van der Waals surface area contributed by atoms with Crippen molar-refractivity contribution in [2.45, 2.75) is 59.0 Å². The fraction of sp³-hybridized carbons (Fsp3) is 0.846. The molecule has 18 heavy (non-hydrogen) atoms. The Kier molecular flexibility index (Phi) is 8.37. The second-order valence-corrected chi connectivity index (χ2v) is 4.97. The van der Waals surface area contributed by atoms with Crippen molar-refractivity contribution < 1.29 is 14.7 Å². The minimum atomic E-state index is -0.833. The molecule has 0 aliphatic carbocycles. The van der Waals surface area contributed by atoms with Crippen LogP contribution in [0.4, 0.5) is 0 Å². The van der Waals surface area contributed by atoms with Gasteiger partial charge in [-0.05, 0) is 27.2 Å². The molecule has 0 aromatic rings. The molecule has 5 heteroatoms. The van der Waals surface area contributed by atoms with Crippen molar-refractivity contribution in [3.63, 3.8) is 0 Å². The van der Waals surface area contributed by atoms with Gasteiger partial charge in [-0.25, -0.2) is 0 Å². The second kappa shape index (κ2) is 8.91. The maximum absolute atomic E-state index is 11.8. The van der Waals surface area contributed by atoms with Gasteiger partial charge in [0.2, 0.25) is 5.91 Å². The lowest BCUT2D eigenvalue weighted by molar-refractivity contribution is -0.138. The van der Waals surface area contributed by atoms with Gasteiger partial charge < -0.3 is 10.4 Å². The van der Waals surface area contributed by atoms with Gasteiger partial charge >= 0.3 is 5.97 Å². The maximum atomic E-state index is 11.8. The summed E-state index contributed by atoms with van der Waals surface area (Å²) >= 11 is 0. The quantitative estimate of drug-likeness (QED) is 0.657. The Morgan fingerprint density at radius 3 is 2.33 bits per heavy atom. The van der Waals surface area contributed by atoms with E-state index in [1.54, 1.807) is 0 Å². The summed E-state index contributed by atoms with van der Waals surface area (Å²) in [6.45, 7) is 8.66. The first-order valence-electron chi connectivity index (χ1n) is 6.62. The number of carboxylic acids is 1. The third kappa shape index (κ3) is 8.06. The lowest BCUT2D eigenvalue weighted by Crippen LogP contribution is -2.44. The normalized spacial score (nSPS) is 12.8. The summed E-state index contributed by atoms with van der Waals surface area (Å²) in [5.41, 5.74) is 0. The minimum Gasteiger partial charge on any atom is -0.481 e. The van der Waals surface area contributed by atoms with E-state index in [2.05, 4.69) is 12.2 Å². The molecule has 0 bridgehead atoms. The van der Waals surface area contributed by atoms with Crippen LogP contribution in [0.15, 0.2) is 0 Å². The number of nitrogens with one attached hydrogen (secondary N) is 1. The van der Waals surface area contributed by atoms with Gasteiger partial charge in [-0.15, -0.1) is 0 Å². The molecular formula is C13H26N2O3. The monoisotopic (exact) mass is 258 g/mol. The number of rotatable bonds is 9. The molecule has 0 aromatic carbocycles. The first-order valence-corrected chi connectivity index (χ1v) is 6.62. The van der Waals surface area contributed by atoms with Crippen molar-refractivity contribution in [2.75, 3.05) is 13.1 Å². The highest BCUT2D eigenvalue weighted by Crippen LogP contribution is 2.01. The molecule has 0 radical (unpaired) electrons. The predicted molar refractivity (Wildman–Crippen MR) is 71.5 cm³/mol. The van der Waals surface area contributed by atoms with Gasteiger partial charge in [-0.1, -0.05) is 13.3 Å². The van der Waals surface area contributed by atoms with Crippen molar-refractivity contribution in [1.82, 2.24) is 10.2 Å². The van der Waals surface area contributed by atoms with Gasteiger partial charge in [0.05, 0.1) is 13.0 Å². The van der Waals surface area contributed by atoms with Gasteiger partial charge in [-0.3, -0.25) is 14.5 Å². The number of nitrogens with zero attached hydrogens (tertiary/aromatic N) is 1. The summed E-state index contributed by atoms with van der Waals surface area (Å²) in [5, 5.41) is 11.6. The van der Waals surface area contributed by atoms with Crippen LogP contribution in [0.5, 0.6) is 0 Å². The summed E-state index contributed by atoms with van der Waals surface area (Å²) in [7, 11) is 0. The third-order valence-corrected chi connectivity index (χ3v) is 2.82. The molecule has 0 saturated carbocycles. The zero-order valence-corrected chi connectivity index (χ0v) is 11.9. The average molecular weight is 258 g/mol. The molecule has 1 unspecified atom stereocenters. The Labute approximate surface area is 110 Å². The van der Waals surface area contributed by atoms with Gasteiger partial charge in [0.1, 0.15) is 0 Å². The van der Waals surface area contributed by atoms with E-state index in [9.17, 15) is 9.59 Å². The summed E-state index contributed by atoms with van der Waals surface area (Å²) in [6.07, 6.45) is 2.06. The zero-order chi connectivity index (χ0) is 14.1. The van der Waals surface area contributed by atoms with Crippen LogP contribution in [0.1, 0.15) is 47.0 Å². The summed E-state index contributed by atoms with van der Waals surface area (Å²) in [6, 6.07) is 0.340. The number of carbonyl (C=O) groups is 2. The lowest BCUT2D eigenvalue weighted by Gasteiger charge is -2.25. The summed E-state index contributed by atoms with van der Waals surface area (Å²) in [5.74, 6) is -0.865. The number of carbonyl (C=O) groups excluding carboxylic acids is 1. The molecule has 0 aliphatic rings. The number of carboxylic acid groups (broad SMARTS) is 1. The number of amides is 1. The Morgan fingerprint density at radius 1 is 1.28 bits per heavy atom. The van der Waals surface area contributed by atoms with E-state index in [4.69, 9.17) is 5.11 Å². The van der Waals surface area contributed by atoms with E-state index in [-0.39, 0.29) is 31.0 Å². The Balaban J connectivity index is 4.15. The van der Waals surface area contributed by atoms with Gasteiger partial charge in [0, 0.05) is 18.6 Å². The van der Waals surface area contributed by atoms with E-state index < -0.39 is 5.97 Å². The number of hydrogen-bond donors (Lipinski definition) is 2. The molecular weight excluding hydrogens is 232 g/mol. The molecule has 0 fully saturated rings. The van der Waals surface area contributed by atoms with Crippen LogP contribution in [0.3, 0.4) is 0 Å². The molecule has 0 saturated heterocycles. The van der Waals surface area contributed by atoms with Crippen molar-refractivity contribution >= 4 is 11.9 Å². The van der Waals surface area contributed by atoms with Crippen molar-refractivity contribution in [3.8, 4) is 0 Å². The molecule has 0 aromatic heterocycles. The van der Waals surface area contributed by atoms with Crippen LogP contribution < -0.4 is 5.32 Å². The highest BCUT2D eigenvalue weighted by atomic mass is 16.4. The highest BCUT2D eigenvalue weighted by Gasteiger charge is 2.16. The number of hydrogen-bond acceptors (Lipinski definition) is 3. The average Bonchev–Trinajstić information content (AvgIpc) is 2.23. The maximum Gasteiger partial charge on any atom is 0.304 e. The van der Waals surface area contributed by atoms with Gasteiger partial charge in [-0.2, -0.15) is 0 Å². The smallest absolute Gasteiger partial charge is 0.304 e. The van der Waals surface area contributed by atoms with Crippen LogP contribution in [0.25, 0.3) is 0 Å².